The van der Waals surface area contributed by atoms with Gasteiger partial charge in [0.15, 0.2) is 0 Å². The number of carbonyl (C=O) groups is 1. The van der Waals surface area contributed by atoms with E-state index in [1.54, 1.807) is 6.92 Å². The summed E-state index contributed by atoms with van der Waals surface area (Å²) in [5.41, 5.74) is 0.0266. The maximum Gasteiger partial charge on any atom is 0.252 e. The van der Waals surface area contributed by atoms with E-state index in [9.17, 15) is 9.18 Å². The molecule has 1 aromatic rings. The van der Waals surface area contributed by atoms with Crippen LogP contribution in [0.15, 0.2) is 12.1 Å². The lowest BCUT2D eigenvalue weighted by molar-refractivity contribution is 0.0942. The van der Waals surface area contributed by atoms with Crippen molar-refractivity contribution in [3.8, 4) is 0 Å². The summed E-state index contributed by atoms with van der Waals surface area (Å²) in [6.45, 7) is 2.02. The topological polar surface area (TPSA) is 49.3 Å². The van der Waals surface area contributed by atoms with Crippen LogP contribution in [-0.2, 0) is 0 Å². The molecule has 0 heterocycles. The minimum atomic E-state index is -0.698. The van der Waals surface area contributed by atoms with E-state index in [-0.39, 0.29) is 34.7 Å². The highest BCUT2D eigenvalue weighted by molar-refractivity contribution is 6.36. The summed E-state index contributed by atoms with van der Waals surface area (Å²) < 4.78 is 13.2. The van der Waals surface area contributed by atoms with E-state index >= 15 is 0 Å². The van der Waals surface area contributed by atoms with Crippen molar-refractivity contribution in [3.05, 3.63) is 33.6 Å². The average molecular weight is 280 g/mol. The van der Waals surface area contributed by atoms with Gasteiger partial charge < -0.3 is 10.4 Å². The molecule has 0 aliphatic rings. The molecule has 1 rings (SSSR count). The molecule has 17 heavy (non-hydrogen) atoms. The molecule has 0 fully saturated rings. The maximum absolute atomic E-state index is 13.2. The zero-order valence-corrected chi connectivity index (χ0v) is 10.6. The van der Waals surface area contributed by atoms with Crippen LogP contribution in [0.25, 0.3) is 0 Å². The van der Waals surface area contributed by atoms with E-state index in [1.165, 1.54) is 6.07 Å². The van der Waals surface area contributed by atoms with E-state index in [0.717, 1.165) is 6.07 Å². The SMILES string of the molecule is CC(CO)CNC(=O)c1cc(F)c(Cl)cc1Cl. The number of halogens is 3. The van der Waals surface area contributed by atoms with Gasteiger partial charge >= 0.3 is 0 Å². The Bertz CT molecular complexity index is 426. The van der Waals surface area contributed by atoms with Crippen molar-refractivity contribution in [3.63, 3.8) is 0 Å². The summed E-state index contributed by atoms with van der Waals surface area (Å²) >= 11 is 11.3. The van der Waals surface area contributed by atoms with Crippen LogP contribution in [0.2, 0.25) is 10.0 Å². The second kappa shape index (κ2) is 6.19. The minimum Gasteiger partial charge on any atom is -0.396 e. The molecule has 0 aliphatic carbocycles. The zero-order chi connectivity index (χ0) is 13.0. The lowest BCUT2D eigenvalue weighted by atomic mass is 10.1. The molecule has 0 aliphatic heterocycles. The Hall–Kier alpha value is -0.840. The number of amides is 1. The minimum absolute atomic E-state index is 0.0266. The van der Waals surface area contributed by atoms with Crippen LogP contribution in [0.5, 0.6) is 0 Å². The first-order valence-electron chi connectivity index (χ1n) is 4.99. The van der Waals surface area contributed by atoms with Crippen molar-refractivity contribution >= 4 is 29.1 Å². The second-order valence-electron chi connectivity index (χ2n) is 3.74. The van der Waals surface area contributed by atoms with Gasteiger partial charge in [0.1, 0.15) is 5.82 Å². The molecule has 2 N–H and O–H groups in total. The summed E-state index contributed by atoms with van der Waals surface area (Å²) in [5, 5.41) is 11.3. The van der Waals surface area contributed by atoms with Crippen LogP contribution in [0.1, 0.15) is 17.3 Å². The smallest absolute Gasteiger partial charge is 0.252 e. The average Bonchev–Trinajstić information content (AvgIpc) is 2.30. The fraction of sp³-hybridized carbons (Fsp3) is 0.364. The van der Waals surface area contributed by atoms with Crippen molar-refractivity contribution in [1.82, 2.24) is 5.32 Å². The van der Waals surface area contributed by atoms with Gasteiger partial charge in [-0.2, -0.15) is 0 Å². The van der Waals surface area contributed by atoms with Crippen molar-refractivity contribution in [2.45, 2.75) is 6.92 Å². The summed E-state index contributed by atoms with van der Waals surface area (Å²) in [5.74, 6) is -1.27. The number of carbonyl (C=O) groups excluding carboxylic acids is 1. The molecule has 0 radical (unpaired) electrons. The van der Waals surface area contributed by atoms with Gasteiger partial charge in [0.05, 0.1) is 15.6 Å². The molecule has 1 unspecified atom stereocenters. The number of aliphatic hydroxyl groups excluding tert-OH is 1. The van der Waals surface area contributed by atoms with Crippen LogP contribution < -0.4 is 5.32 Å². The first-order valence-corrected chi connectivity index (χ1v) is 5.75. The van der Waals surface area contributed by atoms with Gasteiger partial charge in [-0.3, -0.25) is 4.79 Å². The molecule has 3 nitrogen and oxygen atoms in total. The number of benzene rings is 1. The Kier molecular flexibility index (Phi) is 5.18. The molecular formula is C11H12Cl2FNO2. The second-order valence-corrected chi connectivity index (χ2v) is 4.56. The third kappa shape index (κ3) is 3.84. The molecular weight excluding hydrogens is 268 g/mol. The third-order valence-corrected chi connectivity index (χ3v) is 2.78. The Balaban J connectivity index is 2.79. The lowest BCUT2D eigenvalue weighted by Crippen LogP contribution is -2.29. The normalized spacial score (nSPS) is 12.3. The van der Waals surface area contributed by atoms with Crippen LogP contribution in [0, 0.1) is 11.7 Å². The van der Waals surface area contributed by atoms with E-state index in [0.29, 0.717) is 0 Å². The fourth-order valence-electron chi connectivity index (χ4n) is 1.12. The van der Waals surface area contributed by atoms with Crippen molar-refractivity contribution < 1.29 is 14.3 Å². The molecule has 0 saturated heterocycles. The molecule has 1 aromatic carbocycles. The van der Waals surface area contributed by atoms with Gasteiger partial charge in [0.25, 0.3) is 5.91 Å². The summed E-state index contributed by atoms with van der Waals surface area (Å²) in [7, 11) is 0. The quantitative estimate of drug-likeness (QED) is 0.832. The van der Waals surface area contributed by atoms with E-state index in [1.807, 2.05) is 0 Å². The molecule has 1 atom stereocenters. The lowest BCUT2D eigenvalue weighted by Gasteiger charge is -2.10. The van der Waals surface area contributed by atoms with E-state index in [4.69, 9.17) is 28.3 Å². The van der Waals surface area contributed by atoms with Gasteiger partial charge in [-0.05, 0) is 18.1 Å². The predicted molar refractivity (Wildman–Crippen MR) is 65.0 cm³/mol. The van der Waals surface area contributed by atoms with E-state index in [2.05, 4.69) is 5.32 Å². The molecule has 0 bridgehead atoms. The Morgan fingerprint density at radius 2 is 2.12 bits per heavy atom. The van der Waals surface area contributed by atoms with Gasteiger partial charge in [0.2, 0.25) is 0 Å². The zero-order valence-electron chi connectivity index (χ0n) is 9.14. The van der Waals surface area contributed by atoms with Crippen LogP contribution in [0.3, 0.4) is 0 Å². The third-order valence-electron chi connectivity index (χ3n) is 2.18. The summed E-state index contributed by atoms with van der Waals surface area (Å²) in [4.78, 5) is 11.7. The van der Waals surface area contributed by atoms with Crippen LogP contribution in [0.4, 0.5) is 4.39 Å². The van der Waals surface area contributed by atoms with Crippen molar-refractivity contribution in [2.24, 2.45) is 5.92 Å². The molecule has 94 valence electrons. The largest absolute Gasteiger partial charge is 0.396 e. The number of aliphatic hydroxyl groups is 1. The first kappa shape index (κ1) is 14.2. The number of hydrogen-bond acceptors (Lipinski definition) is 2. The maximum atomic E-state index is 13.2. The van der Waals surface area contributed by atoms with E-state index < -0.39 is 11.7 Å². The summed E-state index contributed by atoms with van der Waals surface area (Å²) in [6.07, 6.45) is 0. The van der Waals surface area contributed by atoms with Gasteiger partial charge in [-0.15, -0.1) is 0 Å². The molecule has 0 aromatic heterocycles. The number of rotatable bonds is 4. The highest BCUT2D eigenvalue weighted by Gasteiger charge is 2.14. The number of hydrogen-bond donors (Lipinski definition) is 2. The predicted octanol–water partition coefficient (Wildman–Crippen LogP) is 2.49. The Morgan fingerprint density at radius 1 is 1.47 bits per heavy atom. The molecule has 0 saturated carbocycles. The van der Waals surface area contributed by atoms with Gasteiger partial charge in [-0.25, -0.2) is 4.39 Å². The van der Waals surface area contributed by atoms with Crippen LogP contribution in [-0.4, -0.2) is 24.2 Å². The van der Waals surface area contributed by atoms with Crippen molar-refractivity contribution in [1.29, 1.82) is 0 Å². The molecule has 6 heteroatoms. The molecule has 1 amide bonds. The Labute approximate surface area is 109 Å². The van der Waals surface area contributed by atoms with Gasteiger partial charge in [0, 0.05) is 13.2 Å². The highest BCUT2D eigenvalue weighted by atomic mass is 35.5. The first-order chi connectivity index (χ1) is 7.95. The van der Waals surface area contributed by atoms with Crippen molar-refractivity contribution in [2.75, 3.05) is 13.2 Å². The van der Waals surface area contributed by atoms with Gasteiger partial charge in [-0.1, -0.05) is 30.1 Å². The van der Waals surface area contributed by atoms with Crippen LogP contribution >= 0.6 is 23.2 Å². The monoisotopic (exact) mass is 279 g/mol. The number of nitrogens with one attached hydrogen (secondary N) is 1. The fourth-order valence-corrected chi connectivity index (χ4v) is 1.59. The Morgan fingerprint density at radius 3 is 2.71 bits per heavy atom. The molecule has 0 spiro atoms. The summed E-state index contributed by atoms with van der Waals surface area (Å²) in [6, 6.07) is 2.17. The highest BCUT2D eigenvalue weighted by Crippen LogP contribution is 2.24. The standard InChI is InChI=1S/C11H12Cl2FNO2/c1-6(5-16)4-15-11(17)7-2-10(14)9(13)3-8(7)12/h2-3,6,16H,4-5H2,1H3,(H,15,17).